The standard InChI is InChI=1S/C38H59N7O9/c1-19(2)13-27(34(49)44-30(38(53)54)15-21(5)6)42-35(50)29(16-23-18-40-26-12-10-9-11-24(23)26)43-37(52)32(22(7)8)45-36(51)28(14-20(3)4)41-33(48)25(39)17-31(46)47/h9-12,18-22,25,27-30,32,40H,13-17,39H2,1-8H3,(H,41,48)(H,42,50)(H,43,52)(H,44,49)(H,45,51)(H,46,47)(H,53,54)/t25-,27-,28-,29-,30-,32-/m0/s1. The number of para-hydroxylation sites is 1. The number of carbonyl (C=O) groups excluding carboxylic acids is 5. The zero-order valence-corrected chi connectivity index (χ0v) is 32.5. The largest absolute Gasteiger partial charge is 0.481 e. The number of benzene rings is 1. The highest BCUT2D eigenvalue weighted by Crippen LogP contribution is 2.20. The molecule has 2 aromatic rings. The van der Waals surface area contributed by atoms with Crippen LogP contribution in [0.4, 0.5) is 0 Å². The van der Waals surface area contributed by atoms with Crippen LogP contribution >= 0.6 is 0 Å². The fourth-order valence-electron chi connectivity index (χ4n) is 5.98. The van der Waals surface area contributed by atoms with Crippen molar-refractivity contribution in [2.75, 3.05) is 0 Å². The van der Waals surface area contributed by atoms with E-state index < -0.39 is 90.1 Å². The van der Waals surface area contributed by atoms with Crippen molar-refractivity contribution >= 4 is 52.4 Å². The Morgan fingerprint density at radius 2 is 1.09 bits per heavy atom. The average Bonchev–Trinajstić information content (AvgIpc) is 3.47. The molecule has 0 saturated heterocycles. The molecule has 0 aliphatic carbocycles. The number of H-pyrrole nitrogens is 1. The third-order valence-electron chi connectivity index (χ3n) is 8.71. The van der Waals surface area contributed by atoms with Gasteiger partial charge in [0.05, 0.1) is 12.5 Å². The average molecular weight is 758 g/mol. The summed E-state index contributed by atoms with van der Waals surface area (Å²) < 4.78 is 0. The van der Waals surface area contributed by atoms with Crippen LogP contribution < -0.4 is 32.3 Å². The molecule has 0 radical (unpaired) electrons. The number of aliphatic carboxylic acids is 2. The van der Waals surface area contributed by atoms with E-state index in [2.05, 4.69) is 31.6 Å². The molecule has 0 fully saturated rings. The topological polar surface area (TPSA) is 262 Å². The molecule has 6 atom stereocenters. The Morgan fingerprint density at radius 1 is 0.630 bits per heavy atom. The second-order valence-corrected chi connectivity index (χ2v) is 15.5. The molecule has 2 rings (SSSR count). The van der Waals surface area contributed by atoms with Gasteiger partial charge >= 0.3 is 11.9 Å². The maximum absolute atomic E-state index is 14.1. The Bertz CT molecular complexity index is 1620. The van der Waals surface area contributed by atoms with Gasteiger partial charge in [-0.3, -0.25) is 28.8 Å². The number of hydrogen-bond donors (Lipinski definition) is 9. The second kappa shape index (κ2) is 21.0. The summed E-state index contributed by atoms with van der Waals surface area (Å²) in [5.41, 5.74) is 7.22. The van der Waals surface area contributed by atoms with Gasteiger partial charge in [-0.15, -0.1) is 0 Å². The highest BCUT2D eigenvalue weighted by Gasteiger charge is 2.35. The van der Waals surface area contributed by atoms with Crippen molar-refractivity contribution in [2.45, 2.75) is 124 Å². The van der Waals surface area contributed by atoms with E-state index in [9.17, 15) is 38.7 Å². The van der Waals surface area contributed by atoms with Crippen LogP contribution in [-0.4, -0.2) is 92.9 Å². The Balaban J connectivity index is 2.43. The molecule has 1 aromatic heterocycles. The number of amides is 5. The van der Waals surface area contributed by atoms with E-state index in [0.29, 0.717) is 5.56 Å². The molecule has 300 valence electrons. The van der Waals surface area contributed by atoms with E-state index in [4.69, 9.17) is 10.8 Å². The predicted molar refractivity (Wildman–Crippen MR) is 203 cm³/mol. The number of rotatable bonds is 22. The monoisotopic (exact) mass is 757 g/mol. The lowest BCUT2D eigenvalue weighted by Gasteiger charge is -2.29. The molecule has 0 aliphatic rings. The molecule has 1 heterocycles. The van der Waals surface area contributed by atoms with E-state index in [-0.39, 0.29) is 43.4 Å². The summed E-state index contributed by atoms with van der Waals surface area (Å²) in [6.45, 7) is 14.4. The van der Waals surface area contributed by atoms with E-state index in [1.54, 1.807) is 20.0 Å². The fourth-order valence-corrected chi connectivity index (χ4v) is 5.98. The third-order valence-corrected chi connectivity index (χ3v) is 8.71. The minimum absolute atomic E-state index is 0.00500. The van der Waals surface area contributed by atoms with E-state index in [1.807, 2.05) is 65.8 Å². The van der Waals surface area contributed by atoms with Crippen LogP contribution in [0.5, 0.6) is 0 Å². The van der Waals surface area contributed by atoms with Gasteiger partial charge in [0.2, 0.25) is 29.5 Å². The van der Waals surface area contributed by atoms with Crippen molar-refractivity contribution < 1.29 is 43.8 Å². The van der Waals surface area contributed by atoms with Crippen LogP contribution in [0.2, 0.25) is 0 Å². The lowest BCUT2D eigenvalue weighted by Crippen LogP contribution is -2.60. The zero-order valence-electron chi connectivity index (χ0n) is 32.5. The first-order valence-electron chi connectivity index (χ1n) is 18.5. The lowest BCUT2D eigenvalue weighted by atomic mass is 9.98. The van der Waals surface area contributed by atoms with Gasteiger partial charge in [0.1, 0.15) is 30.2 Å². The van der Waals surface area contributed by atoms with E-state index in [1.165, 1.54) is 0 Å². The molecule has 0 saturated carbocycles. The van der Waals surface area contributed by atoms with Gasteiger partial charge in [-0.25, -0.2) is 4.79 Å². The van der Waals surface area contributed by atoms with Crippen molar-refractivity contribution in [3.63, 3.8) is 0 Å². The van der Waals surface area contributed by atoms with E-state index in [0.717, 1.165) is 10.9 Å². The maximum Gasteiger partial charge on any atom is 0.326 e. The number of carboxylic acid groups (broad SMARTS) is 2. The van der Waals surface area contributed by atoms with Crippen LogP contribution in [0.1, 0.15) is 86.6 Å². The molecule has 0 spiro atoms. The molecule has 5 amide bonds. The minimum atomic E-state index is -1.40. The molecule has 16 nitrogen and oxygen atoms in total. The molecular weight excluding hydrogens is 698 g/mol. The number of fused-ring (bicyclic) bond motifs is 1. The van der Waals surface area contributed by atoms with Gasteiger partial charge in [-0.05, 0) is 54.6 Å². The zero-order chi connectivity index (χ0) is 40.9. The highest BCUT2D eigenvalue weighted by molar-refractivity contribution is 5.97. The predicted octanol–water partition coefficient (Wildman–Crippen LogP) is 1.82. The first kappa shape index (κ1) is 45.2. The van der Waals surface area contributed by atoms with Crippen molar-refractivity contribution in [1.82, 2.24) is 31.6 Å². The van der Waals surface area contributed by atoms with Crippen molar-refractivity contribution in [2.24, 2.45) is 29.4 Å². The van der Waals surface area contributed by atoms with Crippen LogP contribution in [0, 0.1) is 23.7 Å². The lowest BCUT2D eigenvalue weighted by molar-refractivity contribution is -0.143. The SMILES string of the molecule is CC(C)C[C@H](NC(=O)[C@H](CC(C)C)NC(=O)[C@H](Cc1c[nH]c2ccccc12)NC(=O)[C@@H](NC(=O)[C@H](CC(C)C)NC(=O)[C@@H](N)CC(=O)O)C(C)C)C(=O)O. The van der Waals surface area contributed by atoms with Gasteiger partial charge in [0.25, 0.3) is 0 Å². The first-order chi connectivity index (χ1) is 25.2. The quantitative estimate of drug-likeness (QED) is 0.0841. The van der Waals surface area contributed by atoms with E-state index >= 15 is 0 Å². The number of carbonyl (C=O) groups is 7. The van der Waals surface area contributed by atoms with Gasteiger partial charge in [0.15, 0.2) is 0 Å². The summed E-state index contributed by atoms with van der Waals surface area (Å²) in [5, 5.41) is 32.9. The van der Waals surface area contributed by atoms with Gasteiger partial charge < -0.3 is 47.5 Å². The summed E-state index contributed by atoms with van der Waals surface area (Å²) in [4.78, 5) is 94.1. The van der Waals surface area contributed by atoms with Crippen molar-refractivity contribution in [3.8, 4) is 0 Å². The van der Waals surface area contributed by atoms with Crippen LogP contribution in [-0.2, 0) is 40.0 Å². The molecule has 0 bridgehead atoms. The maximum atomic E-state index is 14.1. The Labute approximate surface area is 316 Å². The molecule has 16 heteroatoms. The van der Waals surface area contributed by atoms with Gasteiger partial charge in [0, 0.05) is 23.5 Å². The Kier molecular flexibility index (Phi) is 17.6. The van der Waals surface area contributed by atoms with Crippen molar-refractivity contribution in [3.05, 3.63) is 36.0 Å². The molecular formula is C38H59N7O9. The molecule has 54 heavy (non-hydrogen) atoms. The summed E-state index contributed by atoms with van der Waals surface area (Å²) in [5.74, 6) is -6.77. The summed E-state index contributed by atoms with van der Waals surface area (Å²) in [6, 6.07) is 0.131. The second-order valence-electron chi connectivity index (χ2n) is 15.5. The molecule has 0 unspecified atom stereocenters. The van der Waals surface area contributed by atoms with Crippen LogP contribution in [0.25, 0.3) is 10.9 Å². The number of nitrogens with two attached hydrogens (primary N) is 1. The van der Waals surface area contributed by atoms with Crippen LogP contribution in [0.3, 0.4) is 0 Å². The minimum Gasteiger partial charge on any atom is -0.481 e. The number of hydrogen-bond acceptors (Lipinski definition) is 8. The smallest absolute Gasteiger partial charge is 0.326 e. The van der Waals surface area contributed by atoms with Crippen molar-refractivity contribution in [1.29, 1.82) is 0 Å². The van der Waals surface area contributed by atoms with Crippen LogP contribution in [0.15, 0.2) is 30.5 Å². The van der Waals surface area contributed by atoms with Gasteiger partial charge in [-0.2, -0.15) is 0 Å². The Hall–Kier alpha value is -4.99. The number of aromatic amines is 1. The summed E-state index contributed by atoms with van der Waals surface area (Å²) in [6.07, 6.45) is 1.60. The highest BCUT2D eigenvalue weighted by atomic mass is 16.4. The number of aromatic nitrogens is 1. The normalized spacial score (nSPS) is 14.9. The number of nitrogens with one attached hydrogen (secondary N) is 6. The Morgan fingerprint density at radius 3 is 1.61 bits per heavy atom. The number of carboxylic acids is 2. The summed E-state index contributed by atoms with van der Waals surface area (Å²) in [7, 11) is 0. The molecule has 10 N–H and O–H groups in total. The van der Waals surface area contributed by atoms with Gasteiger partial charge in [-0.1, -0.05) is 73.6 Å². The summed E-state index contributed by atoms with van der Waals surface area (Å²) >= 11 is 0. The first-order valence-corrected chi connectivity index (χ1v) is 18.5. The third kappa shape index (κ3) is 14.4. The molecule has 0 aliphatic heterocycles. The fraction of sp³-hybridized carbons (Fsp3) is 0.605. The molecule has 1 aromatic carbocycles.